The maximum Gasteiger partial charge on any atom is 0.244 e. The molecular formula is C25H33Cl2N3O4S. The van der Waals surface area contributed by atoms with E-state index in [4.69, 9.17) is 23.2 Å². The number of hydrogen-bond acceptors (Lipinski definition) is 4. The fraction of sp³-hybridized carbons (Fsp3) is 0.440. The lowest BCUT2D eigenvalue weighted by atomic mass is 10.1. The van der Waals surface area contributed by atoms with Crippen LogP contribution in [-0.4, -0.2) is 56.1 Å². The van der Waals surface area contributed by atoms with Gasteiger partial charge in [-0.3, -0.25) is 13.9 Å². The average Bonchev–Trinajstić information content (AvgIpc) is 2.75. The molecule has 0 radical (unpaired) electrons. The van der Waals surface area contributed by atoms with Gasteiger partial charge in [0, 0.05) is 17.1 Å². The first-order valence-electron chi connectivity index (χ1n) is 11.3. The number of anilines is 1. The molecule has 35 heavy (non-hydrogen) atoms. The van der Waals surface area contributed by atoms with Gasteiger partial charge in [-0.2, -0.15) is 0 Å². The highest BCUT2D eigenvalue weighted by Gasteiger charge is 2.33. The Morgan fingerprint density at radius 2 is 1.69 bits per heavy atom. The summed E-state index contributed by atoms with van der Waals surface area (Å²) in [6.45, 7) is 7.12. The Balaban J connectivity index is 2.42. The van der Waals surface area contributed by atoms with Crippen molar-refractivity contribution in [1.82, 2.24) is 10.2 Å². The molecule has 1 atom stereocenters. The van der Waals surface area contributed by atoms with E-state index in [0.717, 1.165) is 16.1 Å². The van der Waals surface area contributed by atoms with E-state index in [1.165, 1.54) is 23.1 Å². The number of benzene rings is 2. The normalized spacial score (nSPS) is 12.7. The minimum Gasteiger partial charge on any atom is -0.350 e. The Morgan fingerprint density at radius 3 is 2.23 bits per heavy atom. The van der Waals surface area contributed by atoms with E-state index in [-0.39, 0.29) is 28.2 Å². The van der Waals surface area contributed by atoms with E-state index in [9.17, 15) is 18.0 Å². The van der Waals surface area contributed by atoms with Gasteiger partial charge >= 0.3 is 0 Å². The highest BCUT2D eigenvalue weighted by atomic mass is 35.5. The van der Waals surface area contributed by atoms with Gasteiger partial charge in [0.1, 0.15) is 12.6 Å². The smallest absolute Gasteiger partial charge is 0.244 e. The van der Waals surface area contributed by atoms with Crippen molar-refractivity contribution in [3.8, 4) is 0 Å². The first-order valence-corrected chi connectivity index (χ1v) is 13.9. The minimum absolute atomic E-state index is 0.102. The molecule has 0 unspecified atom stereocenters. The number of rotatable bonds is 10. The second-order valence-electron chi connectivity index (χ2n) is 9.35. The fourth-order valence-electron chi connectivity index (χ4n) is 3.62. The number of carbonyl (C=O) groups is 2. The van der Waals surface area contributed by atoms with E-state index < -0.39 is 34.1 Å². The summed E-state index contributed by atoms with van der Waals surface area (Å²) in [5.41, 5.74) is 0.602. The summed E-state index contributed by atoms with van der Waals surface area (Å²) in [7, 11) is -3.89. The molecule has 0 saturated carbocycles. The van der Waals surface area contributed by atoms with Crippen molar-refractivity contribution < 1.29 is 18.0 Å². The monoisotopic (exact) mass is 541 g/mol. The minimum atomic E-state index is -3.89. The number of nitrogens with zero attached hydrogens (tertiary/aromatic N) is 2. The summed E-state index contributed by atoms with van der Waals surface area (Å²) < 4.78 is 26.3. The second-order valence-corrected chi connectivity index (χ2v) is 12.1. The Bertz CT molecular complexity index is 1140. The van der Waals surface area contributed by atoms with Gasteiger partial charge in [0.15, 0.2) is 0 Å². The van der Waals surface area contributed by atoms with Crippen molar-refractivity contribution in [2.24, 2.45) is 0 Å². The van der Waals surface area contributed by atoms with Crippen LogP contribution >= 0.6 is 23.2 Å². The molecule has 192 valence electrons. The summed E-state index contributed by atoms with van der Waals surface area (Å²) in [6.07, 6.45) is 1.86. The molecule has 7 nitrogen and oxygen atoms in total. The standard InChI is InChI=1S/C25H33Cl2N3O4S/c1-6-21(24(32)28-25(2,3)4)29(15-14-18-10-8-7-9-11-18)23(31)17-30(35(5,33)34)22-16-19(26)12-13-20(22)27/h7-13,16,21H,6,14-15,17H2,1-5H3,(H,28,32)/t21-/m1/s1. The third-order valence-electron chi connectivity index (χ3n) is 5.22. The van der Waals surface area contributed by atoms with Crippen LogP contribution in [0.1, 0.15) is 39.7 Å². The van der Waals surface area contributed by atoms with E-state index >= 15 is 0 Å². The largest absolute Gasteiger partial charge is 0.350 e. The lowest BCUT2D eigenvalue weighted by Crippen LogP contribution is -2.56. The topological polar surface area (TPSA) is 86.8 Å². The van der Waals surface area contributed by atoms with E-state index in [0.29, 0.717) is 12.8 Å². The number of halogens is 2. The number of nitrogens with one attached hydrogen (secondary N) is 1. The summed E-state index contributed by atoms with van der Waals surface area (Å²) in [6, 6.07) is 13.2. The van der Waals surface area contributed by atoms with E-state index in [1.807, 2.05) is 58.0 Å². The van der Waals surface area contributed by atoms with Crippen LogP contribution < -0.4 is 9.62 Å². The number of hydrogen-bond donors (Lipinski definition) is 1. The van der Waals surface area contributed by atoms with Crippen LogP contribution in [0.5, 0.6) is 0 Å². The third kappa shape index (κ3) is 8.70. The molecule has 2 aromatic rings. The van der Waals surface area contributed by atoms with Gasteiger partial charge in [0.25, 0.3) is 0 Å². The molecule has 0 heterocycles. The maximum absolute atomic E-state index is 13.6. The molecule has 2 amide bonds. The SMILES string of the molecule is CC[C@H](C(=O)NC(C)(C)C)N(CCc1ccccc1)C(=O)CN(c1cc(Cl)ccc1Cl)S(C)(=O)=O. The number of sulfonamides is 1. The van der Waals surface area contributed by atoms with Crippen LogP contribution in [0.3, 0.4) is 0 Å². The number of carbonyl (C=O) groups excluding carboxylic acids is 2. The zero-order chi connectivity index (χ0) is 26.4. The Hall–Kier alpha value is -2.29. The van der Waals surface area contributed by atoms with Crippen molar-refractivity contribution in [2.45, 2.75) is 52.1 Å². The third-order valence-corrected chi connectivity index (χ3v) is 6.91. The molecule has 0 spiro atoms. The molecule has 0 fully saturated rings. The van der Waals surface area contributed by atoms with Gasteiger partial charge < -0.3 is 10.2 Å². The van der Waals surface area contributed by atoms with E-state index in [2.05, 4.69) is 5.32 Å². The lowest BCUT2D eigenvalue weighted by molar-refractivity contribution is -0.140. The summed E-state index contributed by atoms with van der Waals surface area (Å²) >= 11 is 12.3. The molecule has 0 bridgehead atoms. The zero-order valence-electron chi connectivity index (χ0n) is 20.7. The molecule has 1 N–H and O–H groups in total. The molecule has 2 aromatic carbocycles. The highest BCUT2D eigenvalue weighted by Crippen LogP contribution is 2.31. The molecule has 0 aliphatic rings. The quantitative estimate of drug-likeness (QED) is 0.478. The van der Waals surface area contributed by atoms with Crippen molar-refractivity contribution in [3.05, 3.63) is 64.1 Å². The van der Waals surface area contributed by atoms with Crippen LogP contribution in [0.25, 0.3) is 0 Å². The van der Waals surface area contributed by atoms with Crippen molar-refractivity contribution in [3.63, 3.8) is 0 Å². The molecule has 0 aromatic heterocycles. The first-order chi connectivity index (χ1) is 16.2. The summed E-state index contributed by atoms with van der Waals surface area (Å²) in [5, 5.41) is 3.35. The second kappa shape index (κ2) is 12.1. The zero-order valence-corrected chi connectivity index (χ0v) is 23.0. The highest BCUT2D eigenvalue weighted by molar-refractivity contribution is 7.92. The number of amides is 2. The Labute approximate surface area is 218 Å². The molecule has 10 heteroatoms. The van der Waals surface area contributed by atoms with Crippen LogP contribution in [0.2, 0.25) is 10.0 Å². The lowest BCUT2D eigenvalue weighted by Gasteiger charge is -2.34. The van der Waals surface area contributed by atoms with Gasteiger partial charge in [0.2, 0.25) is 21.8 Å². The van der Waals surface area contributed by atoms with Crippen LogP contribution in [0.4, 0.5) is 5.69 Å². The van der Waals surface area contributed by atoms with Gasteiger partial charge in [-0.05, 0) is 57.4 Å². The van der Waals surface area contributed by atoms with E-state index in [1.54, 1.807) is 0 Å². The van der Waals surface area contributed by atoms with Crippen LogP contribution in [0, 0.1) is 0 Å². The van der Waals surface area contributed by atoms with Gasteiger partial charge in [-0.25, -0.2) is 8.42 Å². The fourth-order valence-corrected chi connectivity index (χ4v) is 4.91. The first kappa shape index (κ1) is 28.9. The predicted octanol–water partition coefficient (Wildman–Crippen LogP) is 4.52. The van der Waals surface area contributed by atoms with Crippen LogP contribution in [0.15, 0.2) is 48.5 Å². The summed E-state index contributed by atoms with van der Waals surface area (Å²) in [4.78, 5) is 28.2. The van der Waals surface area contributed by atoms with Crippen molar-refractivity contribution in [2.75, 3.05) is 23.7 Å². The maximum atomic E-state index is 13.6. The van der Waals surface area contributed by atoms with Crippen molar-refractivity contribution >= 4 is 50.7 Å². The summed E-state index contributed by atoms with van der Waals surface area (Å²) in [5.74, 6) is -0.814. The Kier molecular flexibility index (Phi) is 10.0. The average molecular weight is 543 g/mol. The van der Waals surface area contributed by atoms with Gasteiger partial charge in [-0.1, -0.05) is 60.5 Å². The molecule has 0 aliphatic carbocycles. The van der Waals surface area contributed by atoms with Gasteiger partial charge in [-0.15, -0.1) is 0 Å². The molecule has 0 saturated heterocycles. The van der Waals surface area contributed by atoms with Crippen molar-refractivity contribution in [1.29, 1.82) is 0 Å². The van der Waals surface area contributed by atoms with Crippen LogP contribution in [-0.2, 0) is 26.0 Å². The molecule has 0 aliphatic heterocycles. The van der Waals surface area contributed by atoms with Gasteiger partial charge in [0.05, 0.1) is 17.0 Å². The molecular weight excluding hydrogens is 509 g/mol. The Morgan fingerprint density at radius 1 is 1.06 bits per heavy atom. The predicted molar refractivity (Wildman–Crippen MR) is 142 cm³/mol. The molecule has 2 rings (SSSR count).